The van der Waals surface area contributed by atoms with Gasteiger partial charge in [-0.1, -0.05) is 19.3 Å². The lowest BCUT2D eigenvalue weighted by Gasteiger charge is -2.39. The van der Waals surface area contributed by atoms with Gasteiger partial charge < -0.3 is 15.1 Å². The number of piperidine rings is 1. The van der Waals surface area contributed by atoms with Crippen molar-refractivity contribution < 1.29 is 10.2 Å². The first-order valence-electron chi connectivity index (χ1n) is 10.4. The molecule has 1 aliphatic carbocycles. The summed E-state index contributed by atoms with van der Waals surface area (Å²) in [6.07, 6.45) is 9.26. The molecule has 1 aromatic rings. The van der Waals surface area contributed by atoms with Gasteiger partial charge in [-0.05, 0) is 38.0 Å². The highest BCUT2D eigenvalue weighted by atomic mass is 32.1. The molecule has 3 heterocycles. The van der Waals surface area contributed by atoms with E-state index >= 15 is 0 Å². The van der Waals surface area contributed by atoms with Crippen LogP contribution in [0.2, 0.25) is 0 Å². The molecule has 5 nitrogen and oxygen atoms in total. The minimum Gasteiger partial charge on any atom is -0.392 e. The highest BCUT2D eigenvalue weighted by Crippen LogP contribution is 2.35. The lowest BCUT2D eigenvalue weighted by Crippen LogP contribution is -2.44. The lowest BCUT2D eigenvalue weighted by molar-refractivity contribution is -0.0327. The lowest BCUT2D eigenvalue weighted by atomic mass is 9.86. The summed E-state index contributed by atoms with van der Waals surface area (Å²) >= 11 is 1.65. The van der Waals surface area contributed by atoms with Crippen molar-refractivity contribution in [3.05, 3.63) is 16.1 Å². The minimum atomic E-state index is -0.748. The summed E-state index contributed by atoms with van der Waals surface area (Å²) in [4.78, 5) is 9.57. The molecule has 4 rings (SSSR count). The third kappa shape index (κ3) is 4.47. The van der Waals surface area contributed by atoms with E-state index in [0.29, 0.717) is 0 Å². The fourth-order valence-electron chi connectivity index (χ4n) is 4.84. The van der Waals surface area contributed by atoms with Gasteiger partial charge in [-0.3, -0.25) is 4.90 Å². The highest BCUT2D eigenvalue weighted by molar-refractivity contribution is 7.09. The van der Waals surface area contributed by atoms with Crippen LogP contribution in [-0.2, 0) is 12.1 Å². The Labute approximate surface area is 161 Å². The van der Waals surface area contributed by atoms with Crippen LogP contribution in [0.3, 0.4) is 0 Å². The first kappa shape index (κ1) is 18.8. The molecule has 0 aromatic carbocycles. The summed E-state index contributed by atoms with van der Waals surface area (Å²) in [5.41, 5.74) is 0.122. The summed E-state index contributed by atoms with van der Waals surface area (Å²) in [5.74, 6) is 0.872. The van der Waals surface area contributed by atoms with Crippen LogP contribution in [-0.4, -0.2) is 63.8 Å². The number of rotatable bonds is 5. The summed E-state index contributed by atoms with van der Waals surface area (Å²) in [7, 11) is 0. The zero-order valence-electron chi connectivity index (χ0n) is 15.8. The summed E-state index contributed by atoms with van der Waals surface area (Å²) in [5, 5.41) is 23.9. The zero-order chi connectivity index (χ0) is 18.0. The Morgan fingerprint density at radius 1 is 1.08 bits per heavy atom. The molecule has 26 heavy (non-hydrogen) atoms. The van der Waals surface area contributed by atoms with Crippen molar-refractivity contribution >= 4 is 11.3 Å². The fraction of sp³-hybridized carbons (Fsp3) is 0.850. The standard InChI is InChI=1S/C20H33N3O2S/c24-17-6-9-23(13-17)14-19-21-18(15-26-19)20(25)7-10-22(11-8-20)12-16-4-2-1-3-5-16/h15-17,24-25H,1-14H2/t17-/m1/s1. The largest absolute Gasteiger partial charge is 0.392 e. The van der Waals surface area contributed by atoms with Crippen LogP contribution in [0.5, 0.6) is 0 Å². The number of thiazole rings is 1. The van der Waals surface area contributed by atoms with Crippen LogP contribution in [0, 0.1) is 5.92 Å². The molecule has 2 N–H and O–H groups in total. The van der Waals surface area contributed by atoms with E-state index in [-0.39, 0.29) is 6.10 Å². The second kappa shape index (κ2) is 8.23. The number of nitrogens with zero attached hydrogens (tertiary/aromatic N) is 3. The molecule has 3 aliphatic rings. The van der Waals surface area contributed by atoms with Crippen LogP contribution in [0.1, 0.15) is 62.1 Å². The predicted octanol–water partition coefficient (Wildman–Crippen LogP) is 2.57. The van der Waals surface area contributed by atoms with Crippen molar-refractivity contribution in [2.45, 2.75) is 69.6 Å². The fourth-order valence-corrected chi connectivity index (χ4v) is 5.77. The van der Waals surface area contributed by atoms with Gasteiger partial charge in [-0.15, -0.1) is 11.3 Å². The molecule has 0 spiro atoms. The van der Waals surface area contributed by atoms with Crippen LogP contribution in [0.15, 0.2) is 5.38 Å². The van der Waals surface area contributed by atoms with E-state index in [4.69, 9.17) is 4.98 Å². The maximum Gasteiger partial charge on any atom is 0.110 e. The Morgan fingerprint density at radius 2 is 1.85 bits per heavy atom. The molecule has 2 aliphatic heterocycles. The molecule has 0 unspecified atom stereocenters. The van der Waals surface area contributed by atoms with E-state index in [9.17, 15) is 10.2 Å². The molecule has 1 saturated carbocycles. The molecule has 6 heteroatoms. The van der Waals surface area contributed by atoms with E-state index in [2.05, 4.69) is 15.2 Å². The molecule has 146 valence electrons. The normalized spacial score (nSPS) is 28.6. The molecule has 3 fully saturated rings. The second-order valence-corrected chi connectivity index (χ2v) is 9.58. The van der Waals surface area contributed by atoms with E-state index in [1.807, 2.05) is 0 Å². The molecule has 1 aromatic heterocycles. The molecule has 0 amide bonds. The van der Waals surface area contributed by atoms with Crippen LogP contribution >= 0.6 is 11.3 Å². The Hall–Kier alpha value is -0.530. The number of aliphatic hydroxyl groups is 2. The average Bonchev–Trinajstić information content (AvgIpc) is 3.28. The zero-order valence-corrected chi connectivity index (χ0v) is 16.6. The Balaban J connectivity index is 1.29. The van der Waals surface area contributed by atoms with Crippen LogP contribution in [0.25, 0.3) is 0 Å². The number of aromatic nitrogens is 1. The number of aliphatic hydroxyl groups excluding tert-OH is 1. The number of β-amino-alcohol motifs (C(OH)–C–C–N with tert-alkyl or cyclic N) is 1. The van der Waals surface area contributed by atoms with Crippen molar-refractivity contribution in [1.29, 1.82) is 0 Å². The SMILES string of the molecule is O[C@@H]1CCN(Cc2nc(C3(O)CCN(CC4CCCCC4)CC3)cs2)C1. The quantitative estimate of drug-likeness (QED) is 0.823. The van der Waals surface area contributed by atoms with Gasteiger partial charge in [0.05, 0.1) is 18.3 Å². The van der Waals surface area contributed by atoms with E-state index in [1.165, 1.54) is 38.6 Å². The van der Waals surface area contributed by atoms with Gasteiger partial charge in [0.2, 0.25) is 0 Å². The van der Waals surface area contributed by atoms with Gasteiger partial charge in [0.25, 0.3) is 0 Å². The highest BCUT2D eigenvalue weighted by Gasteiger charge is 2.36. The molecule has 2 saturated heterocycles. The summed E-state index contributed by atoms with van der Waals surface area (Å²) in [6.45, 7) is 5.67. The van der Waals surface area contributed by atoms with Gasteiger partial charge >= 0.3 is 0 Å². The third-order valence-corrected chi connectivity index (χ3v) is 7.39. The molecular formula is C20H33N3O2S. The minimum absolute atomic E-state index is 0.188. The first-order valence-corrected chi connectivity index (χ1v) is 11.3. The van der Waals surface area contributed by atoms with Gasteiger partial charge in [0, 0.05) is 38.1 Å². The number of hydrogen-bond acceptors (Lipinski definition) is 6. The van der Waals surface area contributed by atoms with Crippen molar-refractivity contribution in [3.63, 3.8) is 0 Å². The molecular weight excluding hydrogens is 346 g/mol. The van der Waals surface area contributed by atoms with Gasteiger partial charge in [-0.25, -0.2) is 4.98 Å². The molecule has 0 bridgehead atoms. The summed E-state index contributed by atoms with van der Waals surface area (Å²) < 4.78 is 0. The van der Waals surface area contributed by atoms with Crippen molar-refractivity contribution in [2.24, 2.45) is 5.92 Å². The average molecular weight is 380 g/mol. The van der Waals surface area contributed by atoms with Gasteiger partial charge in [0.1, 0.15) is 10.6 Å². The number of hydrogen-bond donors (Lipinski definition) is 2. The van der Waals surface area contributed by atoms with Gasteiger partial charge in [-0.2, -0.15) is 0 Å². The molecule has 1 atom stereocenters. The predicted molar refractivity (Wildman–Crippen MR) is 104 cm³/mol. The van der Waals surface area contributed by atoms with E-state index < -0.39 is 5.60 Å². The maximum absolute atomic E-state index is 11.1. The smallest absolute Gasteiger partial charge is 0.110 e. The summed E-state index contributed by atoms with van der Waals surface area (Å²) in [6, 6.07) is 0. The van der Waals surface area contributed by atoms with Crippen molar-refractivity contribution in [1.82, 2.24) is 14.8 Å². The Morgan fingerprint density at radius 3 is 2.54 bits per heavy atom. The van der Waals surface area contributed by atoms with Crippen molar-refractivity contribution in [2.75, 3.05) is 32.7 Å². The second-order valence-electron chi connectivity index (χ2n) is 8.64. The van der Waals surface area contributed by atoms with E-state index in [1.54, 1.807) is 11.3 Å². The topological polar surface area (TPSA) is 59.8 Å². The van der Waals surface area contributed by atoms with Gasteiger partial charge in [0.15, 0.2) is 0 Å². The first-order chi connectivity index (χ1) is 12.6. The number of likely N-dealkylation sites (tertiary alicyclic amines) is 2. The third-order valence-electron chi connectivity index (χ3n) is 6.56. The van der Waals surface area contributed by atoms with Crippen LogP contribution in [0.4, 0.5) is 0 Å². The maximum atomic E-state index is 11.1. The monoisotopic (exact) mass is 379 g/mol. The molecule has 0 radical (unpaired) electrons. The Kier molecular flexibility index (Phi) is 5.96. The van der Waals surface area contributed by atoms with Crippen molar-refractivity contribution in [3.8, 4) is 0 Å². The van der Waals surface area contributed by atoms with E-state index in [0.717, 1.165) is 68.6 Å². The Bertz CT molecular complexity index is 579. The van der Waals surface area contributed by atoms with Crippen LogP contribution < -0.4 is 0 Å².